The van der Waals surface area contributed by atoms with Gasteiger partial charge in [0.1, 0.15) is 35.3 Å². The molecule has 2 aromatic rings. The van der Waals surface area contributed by atoms with Crippen molar-refractivity contribution in [1.29, 1.82) is 0 Å². The van der Waals surface area contributed by atoms with E-state index in [1.54, 1.807) is 27.8 Å². The van der Waals surface area contributed by atoms with Gasteiger partial charge in [0.15, 0.2) is 0 Å². The highest BCUT2D eigenvalue weighted by Crippen LogP contribution is 2.50. The number of likely N-dealkylation sites (N-methyl/N-ethyl adjacent to an activating group) is 1. The van der Waals surface area contributed by atoms with Crippen molar-refractivity contribution in [2.24, 2.45) is 0 Å². The van der Waals surface area contributed by atoms with E-state index < -0.39 is 35.0 Å². The van der Waals surface area contributed by atoms with Gasteiger partial charge in [0.05, 0.1) is 12.6 Å². The Kier molecular flexibility index (Phi) is 8.08. The lowest BCUT2D eigenvalue weighted by Crippen LogP contribution is -2.47. The Labute approximate surface area is 229 Å². The lowest BCUT2D eigenvalue weighted by molar-refractivity contribution is 0.0278. The molecule has 1 heterocycles. The summed E-state index contributed by atoms with van der Waals surface area (Å²) in [4.78, 5) is 15.4. The number of hydrogen-bond donors (Lipinski definition) is 0. The van der Waals surface area contributed by atoms with Crippen molar-refractivity contribution in [2.75, 3.05) is 26.7 Å². The molecule has 2 atom stereocenters. The largest absolute Gasteiger partial charge is 0.492 e. The van der Waals surface area contributed by atoms with Gasteiger partial charge in [0.25, 0.3) is 0 Å². The zero-order valence-corrected chi connectivity index (χ0v) is 23.9. The molecule has 1 aliphatic carbocycles. The van der Waals surface area contributed by atoms with Gasteiger partial charge in [-0.25, -0.2) is 18.0 Å². The van der Waals surface area contributed by atoms with Crippen molar-refractivity contribution in [3.05, 3.63) is 70.3 Å². The van der Waals surface area contributed by atoms with E-state index in [0.29, 0.717) is 12.8 Å². The van der Waals surface area contributed by atoms with E-state index in [1.807, 2.05) is 36.1 Å². The molecule has 5 nitrogen and oxygen atoms in total. The first-order valence-electron chi connectivity index (χ1n) is 13.5. The molecule has 39 heavy (non-hydrogen) atoms. The molecular weight excluding hydrogens is 505 g/mol. The van der Waals surface area contributed by atoms with Crippen LogP contribution in [0.25, 0.3) is 5.57 Å². The van der Waals surface area contributed by atoms with Crippen LogP contribution in [-0.4, -0.2) is 59.9 Å². The van der Waals surface area contributed by atoms with Crippen molar-refractivity contribution in [1.82, 2.24) is 9.80 Å². The SMILES string of the molecule is C[C@@H]1CC2=C(Cc3ccccc32)[C@@H](c2c(F)cc(OCCN(C)C(=O)OC(C)(C)C)cc2F)N1CC(C)(C)F. The summed E-state index contributed by atoms with van der Waals surface area (Å²) in [5.74, 6) is -1.46. The van der Waals surface area contributed by atoms with E-state index in [2.05, 4.69) is 0 Å². The standard InChI is InChI=1S/C31H39F3N2O3/c1-19-14-23-22-11-9-8-10-20(22)15-24(23)28(36(19)18-31(5,6)34)27-25(32)16-21(17-26(27)33)38-13-12-35(7)29(37)39-30(2,3)4/h8-11,16-17,19,28H,12-15,18H2,1-7H3/t19-,28+/m1/s1. The maximum atomic E-state index is 15.8. The molecule has 1 aliphatic heterocycles. The highest BCUT2D eigenvalue weighted by Gasteiger charge is 2.43. The number of carbonyl (C=O) groups excluding carboxylic acids is 1. The van der Waals surface area contributed by atoms with Gasteiger partial charge in [-0.05, 0) is 76.7 Å². The van der Waals surface area contributed by atoms with Crippen LogP contribution in [0.2, 0.25) is 0 Å². The predicted octanol–water partition coefficient (Wildman–Crippen LogP) is 7.10. The molecule has 0 fully saturated rings. The summed E-state index contributed by atoms with van der Waals surface area (Å²) in [7, 11) is 1.57. The van der Waals surface area contributed by atoms with Crippen LogP contribution in [0.15, 0.2) is 42.0 Å². The number of ether oxygens (including phenoxy) is 2. The number of rotatable bonds is 7. The van der Waals surface area contributed by atoms with Gasteiger partial charge < -0.3 is 14.4 Å². The number of fused-ring (bicyclic) bond motifs is 2. The number of benzene rings is 2. The van der Waals surface area contributed by atoms with Gasteiger partial charge >= 0.3 is 6.09 Å². The summed E-state index contributed by atoms with van der Waals surface area (Å²) in [5, 5.41) is 0. The number of amides is 1. The fraction of sp³-hybridized carbons (Fsp3) is 0.516. The Morgan fingerprint density at radius 2 is 1.74 bits per heavy atom. The molecule has 2 aliphatic rings. The second kappa shape index (κ2) is 10.9. The first-order valence-corrected chi connectivity index (χ1v) is 13.5. The number of carbonyl (C=O) groups is 1. The second-order valence-electron chi connectivity index (χ2n) is 12.2. The van der Waals surface area contributed by atoms with Crippen LogP contribution in [0.5, 0.6) is 5.75 Å². The minimum absolute atomic E-state index is 0.0245. The Hall–Kier alpha value is -3.00. The molecule has 1 amide bonds. The lowest BCUT2D eigenvalue weighted by atomic mass is 9.84. The number of hydrogen-bond acceptors (Lipinski definition) is 4. The summed E-state index contributed by atoms with van der Waals surface area (Å²) < 4.78 is 57.4. The Morgan fingerprint density at radius 1 is 1.10 bits per heavy atom. The molecule has 0 saturated heterocycles. The van der Waals surface area contributed by atoms with E-state index in [1.165, 1.54) is 30.9 Å². The van der Waals surface area contributed by atoms with Crippen molar-refractivity contribution < 1.29 is 27.4 Å². The molecule has 0 radical (unpaired) electrons. The molecule has 0 spiro atoms. The van der Waals surface area contributed by atoms with E-state index in [4.69, 9.17) is 9.47 Å². The van der Waals surface area contributed by atoms with Crippen LogP contribution >= 0.6 is 0 Å². The first-order chi connectivity index (χ1) is 18.1. The van der Waals surface area contributed by atoms with Gasteiger partial charge in [-0.15, -0.1) is 0 Å². The first kappa shape index (κ1) is 29.0. The molecule has 212 valence electrons. The van der Waals surface area contributed by atoms with Crippen LogP contribution in [0.1, 0.15) is 70.7 Å². The quantitative estimate of drug-likeness (QED) is 0.373. The van der Waals surface area contributed by atoms with E-state index in [-0.39, 0.29) is 37.1 Å². The maximum Gasteiger partial charge on any atom is 0.410 e. The molecule has 0 N–H and O–H groups in total. The van der Waals surface area contributed by atoms with Crippen LogP contribution in [0.4, 0.5) is 18.0 Å². The zero-order valence-electron chi connectivity index (χ0n) is 23.9. The minimum atomic E-state index is -1.55. The van der Waals surface area contributed by atoms with Crippen LogP contribution in [0, 0.1) is 11.6 Å². The molecule has 2 aromatic carbocycles. The lowest BCUT2D eigenvalue weighted by Gasteiger charge is -2.44. The molecular formula is C31H39F3N2O3. The smallest absolute Gasteiger partial charge is 0.410 e. The predicted molar refractivity (Wildman–Crippen MR) is 146 cm³/mol. The third-order valence-electron chi connectivity index (χ3n) is 7.12. The fourth-order valence-electron chi connectivity index (χ4n) is 5.48. The van der Waals surface area contributed by atoms with E-state index in [0.717, 1.165) is 22.3 Å². The highest BCUT2D eigenvalue weighted by atomic mass is 19.1. The fourth-order valence-corrected chi connectivity index (χ4v) is 5.48. The summed E-state index contributed by atoms with van der Waals surface area (Å²) in [5.41, 5.74) is 1.97. The molecule has 0 unspecified atom stereocenters. The van der Waals surface area contributed by atoms with Crippen LogP contribution in [-0.2, 0) is 11.2 Å². The van der Waals surface area contributed by atoms with Crippen LogP contribution in [0.3, 0.4) is 0 Å². The van der Waals surface area contributed by atoms with Gasteiger partial charge in [-0.2, -0.15) is 0 Å². The molecule has 0 bridgehead atoms. The summed E-state index contributed by atoms with van der Waals surface area (Å²) >= 11 is 0. The molecule has 4 rings (SSSR count). The van der Waals surface area contributed by atoms with E-state index >= 15 is 8.78 Å². The third kappa shape index (κ3) is 6.60. The van der Waals surface area contributed by atoms with E-state index in [9.17, 15) is 9.18 Å². The zero-order chi connectivity index (χ0) is 28.7. The Morgan fingerprint density at radius 3 is 2.36 bits per heavy atom. The minimum Gasteiger partial charge on any atom is -0.492 e. The summed E-state index contributed by atoms with van der Waals surface area (Å²) in [6.45, 7) is 10.5. The molecule has 0 aromatic heterocycles. The monoisotopic (exact) mass is 544 g/mol. The number of halogens is 3. The number of nitrogens with zero attached hydrogens (tertiary/aromatic N) is 2. The Bertz CT molecular complexity index is 1240. The summed E-state index contributed by atoms with van der Waals surface area (Å²) in [6, 6.07) is 9.51. The van der Waals surface area contributed by atoms with Crippen LogP contribution < -0.4 is 4.74 Å². The second-order valence-corrected chi connectivity index (χ2v) is 12.2. The normalized spacial score (nSPS) is 19.5. The highest BCUT2D eigenvalue weighted by molar-refractivity contribution is 5.79. The van der Waals surface area contributed by atoms with Crippen molar-refractivity contribution >= 4 is 11.7 Å². The average Bonchev–Trinajstić information content (AvgIpc) is 3.16. The third-order valence-corrected chi connectivity index (χ3v) is 7.12. The van der Waals surface area contributed by atoms with Gasteiger partial charge in [0, 0.05) is 37.3 Å². The molecule has 0 saturated carbocycles. The van der Waals surface area contributed by atoms with Gasteiger partial charge in [0.2, 0.25) is 0 Å². The van der Waals surface area contributed by atoms with Crippen molar-refractivity contribution in [2.45, 2.75) is 77.7 Å². The summed E-state index contributed by atoms with van der Waals surface area (Å²) in [6.07, 6.45) is 0.747. The van der Waals surface area contributed by atoms with Gasteiger partial charge in [-0.1, -0.05) is 24.3 Å². The Balaban J connectivity index is 1.60. The molecule has 8 heteroatoms. The average molecular weight is 545 g/mol. The van der Waals surface area contributed by atoms with Crippen molar-refractivity contribution in [3.8, 4) is 5.75 Å². The maximum absolute atomic E-state index is 15.8. The van der Waals surface area contributed by atoms with Crippen molar-refractivity contribution in [3.63, 3.8) is 0 Å². The topological polar surface area (TPSA) is 42.0 Å². The van der Waals surface area contributed by atoms with Gasteiger partial charge in [-0.3, -0.25) is 4.90 Å². The number of alkyl halides is 1.